The number of hydrogen-bond acceptors (Lipinski definition) is 2. The second-order valence-electron chi connectivity index (χ2n) is 4.82. The van der Waals surface area contributed by atoms with E-state index in [1.54, 1.807) is 44.4 Å². The summed E-state index contributed by atoms with van der Waals surface area (Å²) in [5, 5.41) is 3.41. The van der Waals surface area contributed by atoms with Gasteiger partial charge in [-0.2, -0.15) is 0 Å². The second-order valence-corrected chi connectivity index (χ2v) is 5.67. The van der Waals surface area contributed by atoms with Crippen LogP contribution in [0.15, 0.2) is 42.5 Å². The van der Waals surface area contributed by atoms with Gasteiger partial charge in [-0.05, 0) is 30.3 Å². The minimum Gasteiger partial charge on any atom is -0.345 e. The highest BCUT2D eigenvalue weighted by molar-refractivity contribution is 6.37. The van der Waals surface area contributed by atoms with Gasteiger partial charge in [0.1, 0.15) is 0 Å². The van der Waals surface area contributed by atoms with Crippen LogP contribution in [0.1, 0.15) is 20.7 Å². The largest absolute Gasteiger partial charge is 0.345 e. The summed E-state index contributed by atoms with van der Waals surface area (Å²) in [6, 6.07) is 11.4. The molecule has 0 atom stereocenters. The third-order valence-electron chi connectivity index (χ3n) is 2.99. The Hall–Kier alpha value is -2.04. The van der Waals surface area contributed by atoms with Gasteiger partial charge in [0.15, 0.2) is 0 Å². The second kappa shape index (κ2) is 6.81. The van der Waals surface area contributed by atoms with Gasteiger partial charge in [-0.1, -0.05) is 35.3 Å². The molecule has 0 aromatic heterocycles. The number of nitrogens with one attached hydrogen (secondary N) is 1. The SMILES string of the molecule is CN(C)C(=O)c1ccccc1NC(=O)c1ccc(Cl)cc1Cl. The van der Waals surface area contributed by atoms with E-state index >= 15 is 0 Å². The Kier molecular flexibility index (Phi) is 5.06. The van der Waals surface area contributed by atoms with Crippen LogP contribution < -0.4 is 5.32 Å². The molecule has 0 spiro atoms. The number of benzene rings is 2. The van der Waals surface area contributed by atoms with Gasteiger partial charge in [0.25, 0.3) is 11.8 Å². The van der Waals surface area contributed by atoms with Gasteiger partial charge in [0.05, 0.1) is 21.8 Å². The molecule has 6 heteroatoms. The van der Waals surface area contributed by atoms with Crippen molar-refractivity contribution in [2.24, 2.45) is 0 Å². The van der Waals surface area contributed by atoms with Crippen LogP contribution in [0.25, 0.3) is 0 Å². The van der Waals surface area contributed by atoms with E-state index in [0.29, 0.717) is 16.3 Å². The number of nitrogens with zero attached hydrogens (tertiary/aromatic N) is 1. The minimum atomic E-state index is -0.402. The molecule has 2 aromatic rings. The molecule has 2 aromatic carbocycles. The van der Waals surface area contributed by atoms with Crippen LogP contribution in [-0.2, 0) is 0 Å². The Labute approximate surface area is 138 Å². The fourth-order valence-electron chi connectivity index (χ4n) is 1.88. The molecule has 1 N–H and O–H groups in total. The minimum absolute atomic E-state index is 0.196. The summed E-state index contributed by atoms with van der Waals surface area (Å²) >= 11 is 11.8. The number of carbonyl (C=O) groups is 2. The van der Waals surface area contributed by atoms with E-state index in [1.807, 2.05) is 0 Å². The summed E-state index contributed by atoms with van der Waals surface area (Å²) in [6.07, 6.45) is 0. The topological polar surface area (TPSA) is 49.4 Å². The Balaban J connectivity index is 2.31. The normalized spacial score (nSPS) is 10.2. The molecular formula is C16H14Cl2N2O2. The Morgan fingerprint density at radius 2 is 1.68 bits per heavy atom. The highest BCUT2D eigenvalue weighted by Crippen LogP contribution is 2.23. The number of anilines is 1. The lowest BCUT2D eigenvalue weighted by Crippen LogP contribution is -2.24. The van der Waals surface area contributed by atoms with Gasteiger partial charge in [-0.15, -0.1) is 0 Å². The zero-order valence-electron chi connectivity index (χ0n) is 12.1. The summed E-state index contributed by atoms with van der Waals surface area (Å²) in [6.45, 7) is 0. The molecule has 2 rings (SSSR count). The van der Waals surface area contributed by atoms with Crippen molar-refractivity contribution in [1.82, 2.24) is 4.90 Å². The molecule has 0 heterocycles. The monoisotopic (exact) mass is 336 g/mol. The number of para-hydroxylation sites is 1. The van der Waals surface area contributed by atoms with Crippen LogP contribution >= 0.6 is 23.2 Å². The number of rotatable bonds is 3. The zero-order valence-corrected chi connectivity index (χ0v) is 13.6. The van der Waals surface area contributed by atoms with Gasteiger partial charge >= 0.3 is 0 Å². The predicted octanol–water partition coefficient (Wildman–Crippen LogP) is 3.95. The Morgan fingerprint density at radius 3 is 2.32 bits per heavy atom. The standard InChI is InChI=1S/C16H14Cl2N2O2/c1-20(2)16(22)12-5-3-4-6-14(12)19-15(21)11-8-7-10(17)9-13(11)18/h3-9H,1-2H3,(H,19,21). The van der Waals surface area contributed by atoms with Gasteiger partial charge in [0.2, 0.25) is 0 Å². The summed E-state index contributed by atoms with van der Waals surface area (Å²) < 4.78 is 0. The molecule has 22 heavy (non-hydrogen) atoms. The van der Waals surface area contributed by atoms with Crippen LogP contribution in [0, 0.1) is 0 Å². The molecule has 0 unspecified atom stereocenters. The number of halogens is 2. The van der Waals surface area contributed by atoms with Crippen molar-refractivity contribution in [3.8, 4) is 0 Å². The summed E-state index contributed by atoms with van der Waals surface area (Å²) in [7, 11) is 3.30. The highest BCUT2D eigenvalue weighted by atomic mass is 35.5. The molecule has 4 nitrogen and oxygen atoms in total. The predicted molar refractivity (Wildman–Crippen MR) is 88.9 cm³/mol. The van der Waals surface area contributed by atoms with Crippen molar-refractivity contribution in [2.75, 3.05) is 19.4 Å². The first-order valence-corrected chi connectivity index (χ1v) is 7.23. The number of hydrogen-bond donors (Lipinski definition) is 1. The molecule has 0 radical (unpaired) electrons. The first kappa shape index (κ1) is 16.3. The molecular weight excluding hydrogens is 323 g/mol. The molecule has 0 aliphatic rings. The van der Waals surface area contributed by atoms with E-state index in [0.717, 1.165) is 0 Å². The maximum atomic E-state index is 12.3. The molecule has 0 saturated heterocycles. The lowest BCUT2D eigenvalue weighted by Gasteiger charge is -2.15. The van der Waals surface area contributed by atoms with E-state index in [4.69, 9.17) is 23.2 Å². The molecule has 0 bridgehead atoms. The van der Waals surface area contributed by atoms with Crippen molar-refractivity contribution in [3.05, 3.63) is 63.6 Å². The number of carbonyl (C=O) groups excluding carboxylic acids is 2. The average molecular weight is 337 g/mol. The zero-order chi connectivity index (χ0) is 16.3. The Bertz CT molecular complexity index is 730. The van der Waals surface area contributed by atoms with E-state index in [1.165, 1.54) is 17.0 Å². The first-order valence-electron chi connectivity index (χ1n) is 6.47. The van der Waals surface area contributed by atoms with E-state index in [9.17, 15) is 9.59 Å². The molecule has 2 amide bonds. The van der Waals surface area contributed by atoms with Crippen molar-refractivity contribution in [3.63, 3.8) is 0 Å². The fourth-order valence-corrected chi connectivity index (χ4v) is 2.38. The molecule has 0 saturated carbocycles. The van der Waals surface area contributed by atoms with Crippen molar-refractivity contribution in [2.45, 2.75) is 0 Å². The van der Waals surface area contributed by atoms with Gasteiger partial charge in [0, 0.05) is 19.1 Å². The van der Waals surface area contributed by atoms with Crippen LogP contribution in [0.5, 0.6) is 0 Å². The van der Waals surface area contributed by atoms with Gasteiger partial charge < -0.3 is 10.2 Å². The first-order chi connectivity index (χ1) is 10.4. The summed E-state index contributed by atoms with van der Waals surface area (Å²) in [5.41, 5.74) is 1.13. The maximum absolute atomic E-state index is 12.3. The highest BCUT2D eigenvalue weighted by Gasteiger charge is 2.16. The molecule has 0 aliphatic carbocycles. The summed E-state index contributed by atoms with van der Waals surface area (Å²) in [4.78, 5) is 25.9. The third-order valence-corrected chi connectivity index (χ3v) is 3.54. The van der Waals surface area contributed by atoms with Crippen LogP contribution in [-0.4, -0.2) is 30.8 Å². The average Bonchev–Trinajstić information content (AvgIpc) is 2.46. The lowest BCUT2D eigenvalue weighted by atomic mass is 10.1. The van der Waals surface area contributed by atoms with Gasteiger partial charge in [-0.3, -0.25) is 9.59 Å². The fraction of sp³-hybridized carbons (Fsp3) is 0.125. The number of amides is 2. The smallest absolute Gasteiger partial charge is 0.257 e. The van der Waals surface area contributed by atoms with Crippen molar-refractivity contribution in [1.29, 1.82) is 0 Å². The lowest BCUT2D eigenvalue weighted by molar-refractivity contribution is 0.0828. The molecule has 114 valence electrons. The maximum Gasteiger partial charge on any atom is 0.257 e. The van der Waals surface area contributed by atoms with Crippen LogP contribution in [0.2, 0.25) is 10.0 Å². The molecule has 0 fully saturated rings. The van der Waals surface area contributed by atoms with Crippen molar-refractivity contribution < 1.29 is 9.59 Å². The van der Waals surface area contributed by atoms with E-state index < -0.39 is 5.91 Å². The van der Waals surface area contributed by atoms with Crippen LogP contribution in [0.4, 0.5) is 5.69 Å². The van der Waals surface area contributed by atoms with Crippen molar-refractivity contribution >= 4 is 40.7 Å². The molecule has 0 aliphatic heterocycles. The quantitative estimate of drug-likeness (QED) is 0.922. The van der Waals surface area contributed by atoms with Crippen LogP contribution in [0.3, 0.4) is 0 Å². The summed E-state index contributed by atoms with van der Waals surface area (Å²) in [5.74, 6) is -0.598. The third kappa shape index (κ3) is 3.59. The van der Waals surface area contributed by atoms with E-state index in [-0.39, 0.29) is 16.5 Å². The van der Waals surface area contributed by atoms with Gasteiger partial charge in [-0.25, -0.2) is 0 Å². The van der Waals surface area contributed by atoms with E-state index in [2.05, 4.69) is 5.32 Å². The Morgan fingerprint density at radius 1 is 1.00 bits per heavy atom.